The number of hydrogen-bond acceptors (Lipinski definition) is 7. The lowest BCUT2D eigenvalue weighted by molar-refractivity contribution is -0.137. The van der Waals surface area contributed by atoms with Gasteiger partial charge >= 0.3 is 0 Å². The van der Waals surface area contributed by atoms with Crippen LogP contribution in [0.15, 0.2) is 41.2 Å². The number of aromatic nitrogens is 1. The number of nitrogens with zero attached hydrogens (tertiary/aromatic N) is 5. The minimum Gasteiger partial charge on any atom is -0.733 e. The Morgan fingerprint density at radius 2 is 1.95 bits per heavy atom. The standard InChI is InChI=1S/C31H40N5O4/c1-32(17-20-6-5-13-33-12-3-2-7-26(20)33)31(38)25-16-21-15-24(36(39)40)10-11-28(21)35-18-22-14-23(30(25)35)19-34-27(22)8-4-9-29(34)37/h4,8-11,15,20,22-23,25-26,30,39H,2-3,5-7,12-14,16-19H2,1H3/q-1. The highest BCUT2D eigenvalue weighted by Crippen LogP contribution is 2.48. The smallest absolute Gasteiger partial charge is 0.250 e. The second kappa shape index (κ2) is 10.2. The fourth-order valence-corrected chi connectivity index (χ4v) is 8.96. The predicted molar refractivity (Wildman–Crippen MR) is 154 cm³/mol. The summed E-state index contributed by atoms with van der Waals surface area (Å²) < 4.78 is 1.93. The van der Waals surface area contributed by atoms with Gasteiger partial charge in [-0.1, -0.05) is 12.5 Å². The molecular formula is C31H40N5O4-. The molecule has 3 saturated heterocycles. The van der Waals surface area contributed by atoms with Gasteiger partial charge in [-0.15, -0.1) is 0 Å². The molecule has 1 N–H and O–H groups in total. The molecule has 2 bridgehead atoms. The van der Waals surface area contributed by atoms with Crippen molar-refractivity contribution < 1.29 is 10.0 Å². The lowest BCUT2D eigenvalue weighted by Crippen LogP contribution is -2.61. The van der Waals surface area contributed by atoms with E-state index in [1.54, 1.807) is 18.2 Å². The summed E-state index contributed by atoms with van der Waals surface area (Å²) in [6, 6.07) is 11.4. The van der Waals surface area contributed by atoms with Gasteiger partial charge in [-0.05, 0) is 93.3 Å². The van der Waals surface area contributed by atoms with Crippen molar-refractivity contribution in [2.75, 3.05) is 43.4 Å². The van der Waals surface area contributed by atoms with Crippen molar-refractivity contribution in [1.82, 2.24) is 14.4 Å². The summed E-state index contributed by atoms with van der Waals surface area (Å²) in [7, 11) is 1.97. The number of carbonyl (C=O) groups excluding carboxylic acids is 1. The molecule has 1 aromatic carbocycles. The van der Waals surface area contributed by atoms with E-state index in [1.165, 1.54) is 45.2 Å². The van der Waals surface area contributed by atoms with Crippen LogP contribution in [-0.2, 0) is 17.8 Å². The quantitative estimate of drug-likeness (QED) is 0.587. The minimum atomic E-state index is -0.274. The van der Waals surface area contributed by atoms with Gasteiger partial charge < -0.3 is 29.7 Å². The average Bonchev–Trinajstić information content (AvgIpc) is 2.96. The van der Waals surface area contributed by atoms with Crippen LogP contribution in [0.4, 0.5) is 11.4 Å². The zero-order valence-corrected chi connectivity index (χ0v) is 23.3. The van der Waals surface area contributed by atoms with Crippen LogP contribution in [0.3, 0.4) is 0 Å². The van der Waals surface area contributed by atoms with Crippen LogP contribution < -0.4 is 15.7 Å². The second-order valence-corrected chi connectivity index (χ2v) is 12.9. The molecule has 6 heterocycles. The number of benzene rings is 1. The first-order valence-electron chi connectivity index (χ1n) is 15.1. The molecule has 6 unspecified atom stereocenters. The first-order chi connectivity index (χ1) is 19.4. The van der Waals surface area contributed by atoms with Gasteiger partial charge in [-0.25, -0.2) is 0 Å². The van der Waals surface area contributed by atoms with Gasteiger partial charge in [0.15, 0.2) is 0 Å². The molecule has 1 amide bonds. The van der Waals surface area contributed by atoms with E-state index in [0.717, 1.165) is 36.5 Å². The molecule has 1 aromatic heterocycles. The van der Waals surface area contributed by atoms with Crippen molar-refractivity contribution in [1.29, 1.82) is 0 Å². The fraction of sp³-hybridized carbons (Fsp3) is 0.613. The largest absolute Gasteiger partial charge is 0.733 e. The number of carbonyl (C=O) groups is 1. The van der Waals surface area contributed by atoms with E-state index >= 15 is 0 Å². The highest BCUT2D eigenvalue weighted by molar-refractivity contribution is 5.82. The topological polar surface area (TPSA) is 95.3 Å². The van der Waals surface area contributed by atoms with Crippen LogP contribution in [-0.4, -0.2) is 70.8 Å². The van der Waals surface area contributed by atoms with Crippen molar-refractivity contribution >= 4 is 17.3 Å². The number of amides is 1. The molecule has 0 radical (unpaired) electrons. The number of rotatable bonds is 4. The number of fused-ring (bicyclic) bond motifs is 9. The summed E-state index contributed by atoms with van der Waals surface area (Å²) in [5.41, 5.74) is 3.26. The maximum absolute atomic E-state index is 14.4. The minimum absolute atomic E-state index is 0.0141. The van der Waals surface area contributed by atoms with Crippen LogP contribution in [0.5, 0.6) is 0 Å². The number of anilines is 2. The van der Waals surface area contributed by atoms with Gasteiger partial charge in [0.25, 0.3) is 5.56 Å². The Morgan fingerprint density at radius 3 is 2.80 bits per heavy atom. The molecule has 3 fully saturated rings. The molecule has 6 atom stereocenters. The van der Waals surface area contributed by atoms with Gasteiger partial charge in [-0.2, -0.15) is 0 Å². The zero-order chi connectivity index (χ0) is 27.5. The van der Waals surface area contributed by atoms with E-state index in [2.05, 4.69) is 15.9 Å². The first-order valence-corrected chi connectivity index (χ1v) is 15.1. The molecule has 0 aliphatic carbocycles. The summed E-state index contributed by atoms with van der Waals surface area (Å²) in [6.07, 6.45) is 7.65. The van der Waals surface area contributed by atoms with E-state index in [4.69, 9.17) is 0 Å². The molecule has 0 spiro atoms. The Kier molecular flexibility index (Phi) is 6.64. The lowest BCUT2D eigenvalue weighted by Gasteiger charge is -2.55. The van der Waals surface area contributed by atoms with Crippen LogP contribution in [0.1, 0.15) is 55.7 Å². The van der Waals surface area contributed by atoms with Crippen LogP contribution >= 0.6 is 0 Å². The summed E-state index contributed by atoms with van der Waals surface area (Å²) in [5.74, 6) is 0.771. The van der Waals surface area contributed by atoms with Crippen LogP contribution in [0.2, 0.25) is 0 Å². The molecule has 9 heteroatoms. The monoisotopic (exact) mass is 546 g/mol. The summed E-state index contributed by atoms with van der Waals surface area (Å²) >= 11 is 0. The van der Waals surface area contributed by atoms with Crippen molar-refractivity contribution in [2.45, 2.75) is 69.5 Å². The Hall–Kier alpha value is -2.88. The molecule has 5 aliphatic rings. The zero-order valence-electron chi connectivity index (χ0n) is 23.3. The lowest BCUT2D eigenvalue weighted by atomic mass is 9.69. The van der Waals surface area contributed by atoms with Crippen molar-refractivity contribution in [2.24, 2.45) is 17.8 Å². The summed E-state index contributed by atoms with van der Waals surface area (Å²) in [4.78, 5) is 34.2. The first kappa shape index (κ1) is 26.0. The molecule has 214 valence electrons. The summed E-state index contributed by atoms with van der Waals surface area (Å²) in [5, 5.41) is 21.3. The predicted octanol–water partition coefficient (Wildman–Crippen LogP) is 3.43. The van der Waals surface area contributed by atoms with Gasteiger partial charge in [-0.3, -0.25) is 14.8 Å². The van der Waals surface area contributed by atoms with E-state index < -0.39 is 0 Å². The Balaban J connectivity index is 1.21. The maximum atomic E-state index is 14.4. The average molecular weight is 547 g/mol. The molecule has 2 aromatic rings. The maximum Gasteiger partial charge on any atom is 0.250 e. The van der Waals surface area contributed by atoms with Crippen molar-refractivity contribution in [3.8, 4) is 0 Å². The van der Waals surface area contributed by atoms with Crippen molar-refractivity contribution in [3.63, 3.8) is 0 Å². The van der Waals surface area contributed by atoms with Gasteiger partial charge in [0.1, 0.15) is 0 Å². The van der Waals surface area contributed by atoms with E-state index in [9.17, 15) is 20.0 Å². The van der Waals surface area contributed by atoms with Crippen LogP contribution in [0.25, 0.3) is 0 Å². The van der Waals surface area contributed by atoms with Gasteiger partial charge in [0.05, 0.1) is 11.6 Å². The molecular weight excluding hydrogens is 506 g/mol. The molecule has 9 nitrogen and oxygen atoms in total. The third kappa shape index (κ3) is 4.33. The van der Waals surface area contributed by atoms with Gasteiger partial charge in [0.2, 0.25) is 5.91 Å². The van der Waals surface area contributed by atoms with Gasteiger partial charge in [0, 0.05) is 62.1 Å². The molecule has 0 saturated carbocycles. The molecule has 5 aliphatic heterocycles. The van der Waals surface area contributed by atoms with E-state index in [0.29, 0.717) is 24.9 Å². The number of pyridine rings is 1. The third-order valence-electron chi connectivity index (χ3n) is 10.6. The Morgan fingerprint density at radius 1 is 1.10 bits per heavy atom. The Bertz CT molecular complexity index is 1340. The molecule has 40 heavy (non-hydrogen) atoms. The van der Waals surface area contributed by atoms with E-state index in [-0.39, 0.29) is 46.2 Å². The van der Waals surface area contributed by atoms with E-state index in [1.807, 2.05) is 28.6 Å². The third-order valence-corrected chi connectivity index (χ3v) is 10.6. The number of piperidine rings is 3. The highest BCUT2D eigenvalue weighted by atomic mass is 16.8. The van der Waals surface area contributed by atoms with Crippen molar-refractivity contribution in [3.05, 3.63) is 63.2 Å². The molecule has 7 rings (SSSR count). The highest BCUT2D eigenvalue weighted by Gasteiger charge is 2.50. The Labute approximate surface area is 235 Å². The summed E-state index contributed by atoms with van der Waals surface area (Å²) in [6.45, 7) is 4.49. The fourth-order valence-electron chi connectivity index (χ4n) is 8.96. The second-order valence-electron chi connectivity index (χ2n) is 12.9. The van der Waals surface area contributed by atoms with Crippen LogP contribution in [0, 0.1) is 23.0 Å². The SMILES string of the molecule is CN(CC1CCCN2CCCCC12)C(=O)C1Cc2cc(N([O-])O)ccc2N2CC3CC(Cn4c3cccc4=O)C12. The normalized spacial score (nSPS) is 30.9. The number of hydrogen-bond donors (Lipinski definition) is 1.